The Bertz CT molecular complexity index is 920. The molecular formula is C39H68O. The zero-order valence-electron chi connectivity index (χ0n) is 28.4. The van der Waals surface area contributed by atoms with Gasteiger partial charge in [-0.2, -0.15) is 0 Å². The third-order valence-electron chi connectivity index (χ3n) is 15.6. The monoisotopic (exact) mass is 553 g/mol. The fourth-order valence-electron chi connectivity index (χ4n) is 14.0. The van der Waals surface area contributed by atoms with E-state index in [1.165, 1.54) is 89.0 Å². The van der Waals surface area contributed by atoms with Gasteiger partial charge in [0.1, 0.15) is 0 Å². The highest BCUT2D eigenvalue weighted by molar-refractivity contribution is 5.30. The fraction of sp³-hybridized carbons (Fsp3) is 0.897. The van der Waals surface area contributed by atoms with Gasteiger partial charge in [-0.15, -0.1) is 13.2 Å². The number of aliphatic hydroxyl groups is 1. The summed E-state index contributed by atoms with van der Waals surface area (Å²) < 4.78 is 0. The van der Waals surface area contributed by atoms with Gasteiger partial charge in [0.15, 0.2) is 0 Å². The Balaban J connectivity index is 0.000000361. The third-order valence-corrected chi connectivity index (χ3v) is 15.6. The molecule has 6 fully saturated rings. The maximum absolute atomic E-state index is 10.8. The summed E-state index contributed by atoms with van der Waals surface area (Å²) in [5.41, 5.74) is 3.65. The molecular weight excluding hydrogens is 484 g/mol. The lowest BCUT2D eigenvalue weighted by Gasteiger charge is -2.83. The first-order chi connectivity index (χ1) is 18.8. The number of allylic oxidation sites excluding steroid dienone is 2. The maximum atomic E-state index is 10.8. The molecule has 6 rings (SSSR count). The van der Waals surface area contributed by atoms with Gasteiger partial charge in [0.05, 0.1) is 0 Å². The van der Waals surface area contributed by atoms with Crippen LogP contribution in [0.2, 0.25) is 0 Å². The molecule has 0 heterocycles. The zero-order chi connectivity index (χ0) is 29.7. The van der Waals surface area contributed by atoms with Gasteiger partial charge in [-0.3, -0.25) is 0 Å². The number of fused-ring (bicyclic) bond motifs is 4. The first-order valence-electron chi connectivity index (χ1n) is 17.7. The highest BCUT2D eigenvalue weighted by Crippen LogP contribution is 2.88. The summed E-state index contributed by atoms with van der Waals surface area (Å²) in [6.45, 7) is 29.6. The lowest BCUT2D eigenvalue weighted by Crippen LogP contribution is -2.78. The molecule has 0 aliphatic heterocycles. The van der Waals surface area contributed by atoms with Crippen molar-refractivity contribution in [2.24, 2.45) is 68.5 Å². The number of rotatable bonds is 3. The van der Waals surface area contributed by atoms with Crippen LogP contribution in [0, 0.1) is 68.5 Å². The molecule has 230 valence electrons. The second kappa shape index (κ2) is 11.5. The van der Waals surface area contributed by atoms with Crippen molar-refractivity contribution in [2.45, 2.75) is 146 Å². The van der Waals surface area contributed by atoms with Gasteiger partial charge in [0, 0.05) is 6.61 Å². The quantitative estimate of drug-likeness (QED) is 0.345. The molecule has 0 aromatic carbocycles. The molecule has 6 saturated carbocycles. The Labute approximate surface area is 250 Å². The van der Waals surface area contributed by atoms with Gasteiger partial charge in [0.25, 0.3) is 0 Å². The smallest absolute Gasteiger partial charge is 0.0493 e. The van der Waals surface area contributed by atoms with E-state index in [0.717, 1.165) is 41.4 Å². The number of hydrogen-bond acceptors (Lipinski definition) is 1. The lowest BCUT2D eigenvalue weighted by atomic mass is 9.21. The van der Waals surface area contributed by atoms with E-state index >= 15 is 0 Å². The fourth-order valence-corrected chi connectivity index (χ4v) is 14.0. The van der Waals surface area contributed by atoms with Gasteiger partial charge >= 0.3 is 0 Å². The van der Waals surface area contributed by atoms with Crippen LogP contribution in [-0.4, -0.2) is 11.7 Å². The Morgan fingerprint density at radius 3 is 2.05 bits per heavy atom. The SMILES string of the molecule is C=C(C)CCC.C=CC.CC1CCC2(C)C(CCC3(C)C2CCC24C(C)C(C)C25CCCC5(CO)CCC34)C1C. The maximum Gasteiger partial charge on any atom is 0.0493 e. The molecule has 40 heavy (non-hydrogen) atoms. The Morgan fingerprint density at radius 1 is 0.850 bits per heavy atom. The van der Waals surface area contributed by atoms with E-state index in [0.29, 0.717) is 28.3 Å². The molecule has 0 saturated heterocycles. The van der Waals surface area contributed by atoms with Crippen LogP contribution in [0.15, 0.2) is 24.8 Å². The molecule has 0 bridgehead atoms. The van der Waals surface area contributed by atoms with Crippen molar-refractivity contribution in [3.63, 3.8) is 0 Å². The molecule has 1 nitrogen and oxygen atoms in total. The minimum Gasteiger partial charge on any atom is -0.396 e. The van der Waals surface area contributed by atoms with Crippen molar-refractivity contribution in [3.05, 3.63) is 24.8 Å². The minimum atomic E-state index is 0.258. The van der Waals surface area contributed by atoms with Crippen molar-refractivity contribution in [2.75, 3.05) is 6.61 Å². The molecule has 0 radical (unpaired) electrons. The molecule has 0 amide bonds. The van der Waals surface area contributed by atoms with Crippen molar-refractivity contribution in [3.8, 4) is 0 Å². The van der Waals surface area contributed by atoms with Gasteiger partial charge in [0.2, 0.25) is 0 Å². The van der Waals surface area contributed by atoms with E-state index in [1.807, 2.05) is 6.92 Å². The summed E-state index contributed by atoms with van der Waals surface area (Å²) in [5.74, 6) is 6.32. The summed E-state index contributed by atoms with van der Waals surface area (Å²) in [6.07, 6.45) is 19.9. The highest BCUT2D eigenvalue weighted by atomic mass is 16.3. The molecule has 0 aromatic heterocycles. The van der Waals surface area contributed by atoms with Gasteiger partial charge in [-0.25, -0.2) is 0 Å². The summed E-state index contributed by atoms with van der Waals surface area (Å²) in [5, 5.41) is 10.8. The van der Waals surface area contributed by atoms with E-state index in [4.69, 9.17) is 0 Å². The van der Waals surface area contributed by atoms with E-state index in [2.05, 4.69) is 68.5 Å². The van der Waals surface area contributed by atoms with Crippen molar-refractivity contribution >= 4 is 0 Å². The summed E-state index contributed by atoms with van der Waals surface area (Å²) in [7, 11) is 0. The van der Waals surface area contributed by atoms with Gasteiger partial charge in [-0.1, -0.05) is 73.0 Å². The van der Waals surface area contributed by atoms with Gasteiger partial charge in [-0.05, 0) is 153 Å². The van der Waals surface area contributed by atoms with E-state index in [-0.39, 0.29) is 5.41 Å². The van der Waals surface area contributed by atoms with Crippen LogP contribution < -0.4 is 0 Å². The highest BCUT2D eigenvalue weighted by Gasteiger charge is 2.82. The van der Waals surface area contributed by atoms with E-state index < -0.39 is 0 Å². The molecule has 12 unspecified atom stereocenters. The average molecular weight is 553 g/mol. The van der Waals surface area contributed by atoms with Crippen molar-refractivity contribution < 1.29 is 5.11 Å². The molecule has 6 aliphatic rings. The largest absolute Gasteiger partial charge is 0.396 e. The Kier molecular flexibility index (Phi) is 9.31. The zero-order valence-corrected chi connectivity index (χ0v) is 28.4. The van der Waals surface area contributed by atoms with E-state index in [1.54, 1.807) is 6.08 Å². The summed E-state index contributed by atoms with van der Waals surface area (Å²) >= 11 is 0. The molecule has 1 heteroatoms. The first kappa shape index (κ1) is 32.4. The van der Waals surface area contributed by atoms with Crippen LogP contribution in [0.25, 0.3) is 0 Å². The van der Waals surface area contributed by atoms with Crippen LogP contribution >= 0.6 is 0 Å². The lowest BCUT2D eigenvalue weighted by molar-refractivity contribution is -0.356. The third kappa shape index (κ3) is 4.15. The normalized spacial score (nSPS) is 51.9. The predicted molar refractivity (Wildman–Crippen MR) is 174 cm³/mol. The van der Waals surface area contributed by atoms with E-state index in [9.17, 15) is 5.11 Å². The molecule has 6 aliphatic carbocycles. The van der Waals surface area contributed by atoms with Crippen LogP contribution in [0.3, 0.4) is 0 Å². The predicted octanol–water partition coefficient (Wildman–Crippen LogP) is 11.3. The van der Waals surface area contributed by atoms with Crippen LogP contribution in [0.1, 0.15) is 146 Å². The summed E-state index contributed by atoms with van der Waals surface area (Å²) in [4.78, 5) is 0. The molecule has 0 aromatic rings. The van der Waals surface area contributed by atoms with Crippen LogP contribution in [-0.2, 0) is 0 Å². The minimum absolute atomic E-state index is 0.258. The summed E-state index contributed by atoms with van der Waals surface area (Å²) in [6, 6.07) is 0. The van der Waals surface area contributed by atoms with Gasteiger partial charge < -0.3 is 5.11 Å². The van der Waals surface area contributed by atoms with Crippen molar-refractivity contribution in [1.82, 2.24) is 0 Å². The standard InChI is InChI=1S/C30H50O.C6H12.C3H6/c1-19-8-14-26(5)23(20(19)2)9-15-27(6)24(26)11-17-29-21(3)22(4)30(29)13-7-12-28(30,18-31)16-10-25(27)29;1-4-5-6(2)3;1-3-2/h19-25,31H,7-18H2,1-6H3;2,4-5H2,1,3H3;3H,1H2,2H3. The van der Waals surface area contributed by atoms with Crippen LogP contribution in [0.5, 0.6) is 0 Å². The average Bonchev–Trinajstić information content (AvgIpc) is 3.33. The number of hydrogen-bond donors (Lipinski definition) is 1. The Hall–Kier alpha value is -0.560. The molecule has 12 atom stereocenters. The molecule has 2 spiro atoms. The molecule has 1 N–H and O–H groups in total. The second-order valence-corrected chi connectivity index (χ2v) is 16.7. The second-order valence-electron chi connectivity index (χ2n) is 16.7. The topological polar surface area (TPSA) is 20.2 Å². The van der Waals surface area contributed by atoms with Crippen molar-refractivity contribution in [1.29, 1.82) is 0 Å². The Morgan fingerprint density at radius 2 is 1.48 bits per heavy atom. The first-order valence-corrected chi connectivity index (χ1v) is 17.7. The van der Waals surface area contributed by atoms with Crippen LogP contribution in [0.4, 0.5) is 0 Å². The number of aliphatic hydroxyl groups excluding tert-OH is 1.